The number of rotatable bonds is 9. The Morgan fingerprint density at radius 2 is 1.67 bits per heavy atom. The summed E-state index contributed by atoms with van der Waals surface area (Å²) in [5.74, 6) is 0.418. The SMILES string of the molecule is O=C1CCN(CCCOCCCCc2ccccc2)CC1. The molecule has 0 radical (unpaired) electrons. The van der Waals surface area contributed by atoms with Crippen LogP contribution in [0.1, 0.15) is 37.7 Å². The number of likely N-dealkylation sites (tertiary alicyclic amines) is 1. The number of hydrogen-bond donors (Lipinski definition) is 0. The van der Waals surface area contributed by atoms with Crippen molar-refractivity contribution in [3.63, 3.8) is 0 Å². The standard InChI is InChI=1S/C18H27NO2/c20-18-10-13-19(14-11-18)12-6-16-21-15-5-4-9-17-7-2-1-3-8-17/h1-3,7-8H,4-6,9-16H2. The van der Waals surface area contributed by atoms with Crippen LogP contribution in [0.5, 0.6) is 0 Å². The molecule has 1 heterocycles. The third-order valence-corrected chi connectivity index (χ3v) is 4.02. The van der Waals surface area contributed by atoms with E-state index in [-0.39, 0.29) is 0 Å². The highest BCUT2D eigenvalue weighted by atomic mass is 16.5. The Hall–Kier alpha value is -1.19. The van der Waals surface area contributed by atoms with Gasteiger partial charge in [-0.25, -0.2) is 0 Å². The van der Waals surface area contributed by atoms with Crippen LogP contribution >= 0.6 is 0 Å². The van der Waals surface area contributed by atoms with E-state index >= 15 is 0 Å². The smallest absolute Gasteiger partial charge is 0.135 e. The van der Waals surface area contributed by atoms with Crippen LogP contribution in [-0.2, 0) is 16.0 Å². The molecule has 0 spiro atoms. The van der Waals surface area contributed by atoms with Crippen molar-refractivity contribution < 1.29 is 9.53 Å². The highest BCUT2D eigenvalue weighted by Gasteiger charge is 2.14. The molecule has 116 valence electrons. The third-order valence-electron chi connectivity index (χ3n) is 4.02. The second-order valence-corrected chi connectivity index (χ2v) is 5.79. The number of carbonyl (C=O) groups excluding carboxylic acids is 1. The molecular formula is C18H27NO2. The Labute approximate surface area is 128 Å². The number of carbonyl (C=O) groups is 1. The first-order chi connectivity index (χ1) is 10.3. The second-order valence-electron chi connectivity index (χ2n) is 5.79. The van der Waals surface area contributed by atoms with Gasteiger partial charge in [0.1, 0.15) is 5.78 Å². The summed E-state index contributed by atoms with van der Waals surface area (Å²) in [5.41, 5.74) is 1.41. The predicted octanol–water partition coefficient (Wildman–Crippen LogP) is 3.08. The minimum absolute atomic E-state index is 0.418. The molecule has 1 aromatic rings. The molecule has 1 aromatic carbocycles. The van der Waals surface area contributed by atoms with Gasteiger partial charge >= 0.3 is 0 Å². The van der Waals surface area contributed by atoms with E-state index in [4.69, 9.17) is 4.74 Å². The average molecular weight is 289 g/mol. The van der Waals surface area contributed by atoms with E-state index in [1.165, 1.54) is 12.0 Å². The summed E-state index contributed by atoms with van der Waals surface area (Å²) >= 11 is 0. The zero-order valence-electron chi connectivity index (χ0n) is 12.9. The van der Waals surface area contributed by atoms with Crippen molar-refractivity contribution in [3.8, 4) is 0 Å². The summed E-state index contributed by atoms with van der Waals surface area (Å²) in [4.78, 5) is 13.5. The van der Waals surface area contributed by atoms with Crippen molar-refractivity contribution in [2.75, 3.05) is 32.8 Å². The van der Waals surface area contributed by atoms with Crippen molar-refractivity contribution in [3.05, 3.63) is 35.9 Å². The second kappa shape index (κ2) is 9.69. The molecule has 2 rings (SSSR count). The molecular weight excluding hydrogens is 262 g/mol. The molecule has 1 aliphatic rings. The molecule has 0 unspecified atom stereocenters. The maximum absolute atomic E-state index is 11.1. The Bertz CT molecular complexity index is 395. The normalized spacial score (nSPS) is 16.3. The van der Waals surface area contributed by atoms with Gasteiger partial charge in [0, 0.05) is 45.7 Å². The molecule has 1 fully saturated rings. The minimum atomic E-state index is 0.418. The van der Waals surface area contributed by atoms with Crippen LogP contribution in [-0.4, -0.2) is 43.5 Å². The topological polar surface area (TPSA) is 29.5 Å². The zero-order chi connectivity index (χ0) is 14.8. The van der Waals surface area contributed by atoms with E-state index in [1.54, 1.807) is 0 Å². The number of ether oxygens (including phenoxy) is 1. The lowest BCUT2D eigenvalue weighted by molar-refractivity contribution is -0.121. The molecule has 0 N–H and O–H groups in total. The first kappa shape index (κ1) is 16.2. The van der Waals surface area contributed by atoms with Gasteiger partial charge in [0.15, 0.2) is 0 Å². The molecule has 0 aliphatic carbocycles. The van der Waals surface area contributed by atoms with Gasteiger partial charge in [-0.05, 0) is 31.2 Å². The quantitative estimate of drug-likeness (QED) is 0.654. The van der Waals surface area contributed by atoms with E-state index in [2.05, 4.69) is 35.2 Å². The van der Waals surface area contributed by atoms with Crippen molar-refractivity contribution in [2.24, 2.45) is 0 Å². The molecule has 1 aliphatic heterocycles. The van der Waals surface area contributed by atoms with Crippen LogP contribution in [0.25, 0.3) is 0 Å². The number of Topliss-reactive ketones (excluding diaryl/α,β-unsaturated/α-hetero) is 1. The summed E-state index contributed by atoms with van der Waals surface area (Å²) in [6, 6.07) is 10.6. The highest BCUT2D eigenvalue weighted by molar-refractivity contribution is 5.79. The number of ketones is 1. The van der Waals surface area contributed by atoms with Crippen molar-refractivity contribution in [2.45, 2.75) is 38.5 Å². The average Bonchev–Trinajstić information content (AvgIpc) is 2.53. The summed E-state index contributed by atoms with van der Waals surface area (Å²) < 4.78 is 5.69. The molecule has 1 saturated heterocycles. The molecule has 0 saturated carbocycles. The van der Waals surface area contributed by atoms with Crippen molar-refractivity contribution in [1.82, 2.24) is 4.90 Å². The number of unbranched alkanes of at least 4 members (excludes halogenated alkanes) is 1. The van der Waals surface area contributed by atoms with Crippen LogP contribution in [0.2, 0.25) is 0 Å². The molecule has 0 atom stereocenters. The van der Waals surface area contributed by atoms with E-state index in [0.29, 0.717) is 5.78 Å². The van der Waals surface area contributed by atoms with Gasteiger partial charge in [-0.1, -0.05) is 30.3 Å². The predicted molar refractivity (Wildman–Crippen MR) is 85.5 cm³/mol. The van der Waals surface area contributed by atoms with Gasteiger partial charge in [0.05, 0.1) is 0 Å². The summed E-state index contributed by atoms with van der Waals surface area (Å²) in [5, 5.41) is 0. The van der Waals surface area contributed by atoms with E-state index in [0.717, 1.165) is 65.0 Å². The monoisotopic (exact) mass is 289 g/mol. The summed E-state index contributed by atoms with van der Waals surface area (Å²) in [6.07, 6.45) is 6.02. The van der Waals surface area contributed by atoms with Crippen LogP contribution in [0, 0.1) is 0 Å². The van der Waals surface area contributed by atoms with Gasteiger partial charge in [0.25, 0.3) is 0 Å². The van der Waals surface area contributed by atoms with Crippen LogP contribution < -0.4 is 0 Å². The number of hydrogen-bond acceptors (Lipinski definition) is 3. The maximum atomic E-state index is 11.1. The van der Waals surface area contributed by atoms with Crippen LogP contribution in [0.15, 0.2) is 30.3 Å². The maximum Gasteiger partial charge on any atom is 0.135 e. The Balaban J connectivity index is 1.39. The summed E-state index contributed by atoms with van der Waals surface area (Å²) in [6.45, 7) is 4.66. The van der Waals surface area contributed by atoms with Crippen LogP contribution in [0.4, 0.5) is 0 Å². The Kier molecular flexibility index (Phi) is 7.47. The van der Waals surface area contributed by atoms with Crippen LogP contribution in [0.3, 0.4) is 0 Å². The number of nitrogens with zero attached hydrogens (tertiary/aromatic N) is 1. The van der Waals surface area contributed by atoms with Crippen molar-refractivity contribution >= 4 is 5.78 Å². The molecule has 3 heteroatoms. The van der Waals surface area contributed by atoms with Gasteiger partial charge in [0.2, 0.25) is 0 Å². The van der Waals surface area contributed by atoms with E-state index in [1.807, 2.05) is 0 Å². The molecule has 0 aromatic heterocycles. The Morgan fingerprint density at radius 3 is 2.43 bits per heavy atom. The number of benzene rings is 1. The molecule has 3 nitrogen and oxygen atoms in total. The molecule has 0 bridgehead atoms. The fourth-order valence-corrected chi connectivity index (χ4v) is 2.70. The molecule has 0 amide bonds. The fourth-order valence-electron chi connectivity index (χ4n) is 2.70. The Morgan fingerprint density at radius 1 is 0.952 bits per heavy atom. The summed E-state index contributed by atoms with van der Waals surface area (Å²) in [7, 11) is 0. The van der Waals surface area contributed by atoms with E-state index < -0.39 is 0 Å². The largest absolute Gasteiger partial charge is 0.381 e. The zero-order valence-corrected chi connectivity index (χ0v) is 12.9. The van der Waals surface area contributed by atoms with Gasteiger partial charge < -0.3 is 9.64 Å². The highest BCUT2D eigenvalue weighted by Crippen LogP contribution is 2.07. The van der Waals surface area contributed by atoms with Gasteiger partial charge in [-0.3, -0.25) is 4.79 Å². The number of aryl methyl sites for hydroxylation is 1. The number of piperidine rings is 1. The van der Waals surface area contributed by atoms with Crippen molar-refractivity contribution in [1.29, 1.82) is 0 Å². The van der Waals surface area contributed by atoms with E-state index in [9.17, 15) is 4.79 Å². The molecule has 21 heavy (non-hydrogen) atoms. The third kappa shape index (κ3) is 6.87. The first-order valence-electron chi connectivity index (χ1n) is 8.20. The fraction of sp³-hybridized carbons (Fsp3) is 0.611. The van der Waals surface area contributed by atoms with Gasteiger partial charge in [-0.15, -0.1) is 0 Å². The lowest BCUT2D eigenvalue weighted by atomic mass is 10.1. The minimum Gasteiger partial charge on any atom is -0.381 e. The lowest BCUT2D eigenvalue weighted by Crippen LogP contribution is -2.34. The van der Waals surface area contributed by atoms with Gasteiger partial charge in [-0.2, -0.15) is 0 Å². The lowest BCUT2D eigenvalue weighted by Gasteiger charge is -2.25. The first-order valence-corrected chi connectivity index (χ1v) is 8.20.